The lowest BCUT2D eigenvalue weighted by Gasteiger charge is -2.24. The van der Waals surface area contributed by atoms with E-state index >= 15 is 0 Å². The van der Waals surface area contributed by atoms with Crippen molar-refractivity contribution >= 4 is 11.9 Å². The lowest BCUT2D eigenvalue weighted by molar-refractivity contribution is -0.171. The molecule has 0 saturated carbocycles. The molecule has 0 rings (SSSR count). The number of carbonyl (C=O) groups is 2. The SMILES string of the molecule is CCCCCCCCCC(C)(C(=O)OCC)C(=O)OCC. The van der Waals surface area contributed by atoms with Crippen LogP contribution in [0.2, 0.25) is 0 Å². The van der Waals surface area contributed by atoms with Crippen LogP contribution in [0.25, 0.3) is 0 Å². The quantitative estimate of drug-likeness (QED) is 0.307. The van der Waals surface area contributed by atoms with Crippen LogP contribution in [0.3, 0.4) is 0 Å². The Morgan fingerprint density at radius 2 is 1.19 bits per heavy atom. The summed E-state index contributed by atoms with van der Waals surface area (Å²) in [6, 6.07) is 0. The highest BCUT2D eigenvalue weighted by atomic mass is 16.6. The van der Waals surface area contributed by atoms with E-state index in [0.29, 0.717) is 6.42 Å². The molecule has 4 nitrogen and oxygen atoms in total. The van der Waals surface area contributed by atoms with Crippen molar-refractivity contribution in [1.29, 1.82) is 0 Å². The Kier molecular flexibility index (Phi) is 11.0. The Morgan fingerprint density at radius 1 is 0.762 bits per heavy atom. The maximum Gasteiger partial charge on any atom is 0.323 e. The molecule has 0 aliphatic carbocycles. The van der Waals surface area contributed by atoms with Gasteiger partial charge < -0.3 is 9.47 Å². The highest BCUT2D eigenvalue weighted by Crippen LogP contribution is 2.28. The molecular weight excluding hydrogens is 268 g/mol. The molecule has 0 aliphatic rings. The standard InChI is InChI=1S/C17H32O4/c1-5-8-9-10-11-12-13-14-17(4,15(18)20-6-2)16(19)21-7-3/h5-14H2,1-4H3. The number of ether oxygens (including phenoxy) is 2. The molecule has 124 valence electrons. The molecule has 0 aromatic heterocycles. The number of esters is 2. The Balaban J connectivity index is 4.29. The number of hydrogen-bond donors (Lipinski definition) is 0. The zero-order valence-corrected chi connectivity index (χ0v) is 14.2. The van der Waals surface area contributed by atoms with Gasteiger partial charge in [0.15, 0.2) is 5.41 Å². The first-order chi connectivity index (χ1) is 10.0. The maximum absolute atomic E-state index is 12.1. The topological polar surface area (TPSA) is 52.6 Å². The molecule has 0 fully saturated rings. The van der Waals surface area contributed by atoms with Crippen LogP contribution in [0, 0.1) is 5.41 Å². The normalized spacial score (nSPS) is 11.2. The summed E-state index contributed by atoms with van der Waals surface area (Å²) >= 11 is 0. The molecule has 0 aromatic carbocycles. The zero-order chi connectivity index (χ0) is 16.1. The number of unbranched alkanes of at least 4 members (excludes halogenated alkanes) is 6. The van der Waals surface area contributed by atoms with E-state index in [4.69, 9.17) is 9.47 Å². The molecule has 0 N–H and O–H groups in total. The largest absolute Gasteiger partial charge is 0.465 e. The van der Waals surface area contributed by atoms with Crippen LogP contribution in [0.1, 0.15) is 79.1 Å². The third-order valence-electron chi connectivity index (χ3n) is 3.73. The van der Waals surface area contributed by atoms with Gasteiger partial charge >= 0.3 is 11.9 Å². The second-order valence-corrected chi connectivity index (χ2v) is 5.64. The van der Waals surface area contributed by atoms with E-state index < -0.39 is 17.4 Å². The van der Waals surface area contributed by atoms with Crippen molar-refractivity contribution in [3.05, 3.63) is 0 Å². The molecule has 21 heavy (non-hydrogen) atoms. The minimum atomic E-state index is -1.16. The molecule has 4 heteroatoms. The van der Waals surface area contributed by atoms with Crippen molar-refractivity contribution in [2.75, 3.05) is 13.2 Å². The molecule has 0 saturated heterocycles. The van der Waals surface area contributed by atoms with Crippen LogP contribution in [-0.2, 0) is 19.1 Å². The van der Waals surface area contributed by atoms with Gasteiger partial charge in [-0.05, 0) is 27.2 Å². The summed E-state index contributed by atoms with van der Waals surface area (Å²) in [5.41, 5.74) is -1.16. The first-order valence-corrected chi connectivity index (χ1v) is 8.37. The van der Waals surface area contributed by atoms with Gasteiger partial charge in [-0.15, -0.1) is 0 Å². The second kappa shape index (κ2) is 11.6. The Labute approximate surface area is 129 Å². The molecule has 0 bridgehead atoms. The average molecular weight is 300 g/mol. The van der Waals surface area contributed by atoms with Gasteiger partial charge in [0, 0.05) is 0 Å². The number of rotatable bonds is 12. The molecule has 0 aliphatic heterocycles. The molecule has 0 unspecified atom stereocenters. The van der Waals surface area contributed by atoms with E-state index in [1.54, 1.807) is 20.8 Å². The second-order valence-electron chi connectivity index (χ2n) is 5.64. The first-order valence-electron chi connectivity index (χ1n) is 8.37. The molecule has 0 aromatic rings. The third kappa shape index (κ3) is 7.49. The molecule has 0 amide bonds. The van der Waals surface area contributed by atoms with Crippen LogP contribution in [-0.4, -0.2) is 25.2 Å². The summed E-state index contributed by atoms with van der Waals surface area (Å²) in [6.07, 6.45) is 8.55. The summed E-state index contributed by atoms with van der Waals surface area (Å²) in [7, 11) is 0. The fraction of sp³-hybridized carbons (Fsp3) is 0.882. The van der Waals surface area contributed by atoms with Gasteiger partial charge in [-0.25, -0.2) is 0 Å². The first kappa shape index (κ1) is 19.9. The smallest absolute Gasteiger partial charge is 0.323 e. The highest BCUT2D eigenvalue weighted by molar-refractivity contribution is 5.99. The van der Waals surface area contributed by atoms with Gasteiger partial charge in [-0.1, -0.05) is 51.9 Å². The molecule has 0 spiro atoms. The minimum absolute atomic E-state index is 0.283. The van der Waals surface area contributed by atoms with Crippen LogP contribution in [0.4, 0.5) is 0 Å². The van der Waals surface area contributed by atoms with Crippen molar-refractivity contribution in [1.82, 2.24) is 0 Å². The van der Waals surface area contributed by atoms with Crippen molar-refractivity contribution in [3.8, 4) is 0 Å². The van der Waals surface area contributed by atoms with Gasteiger partial charge in [0.05, 0.1) is 13.2 Å². The molecule has 0 radical (unpaired) electrons. The van der Waals surface area contributed by atoms with Crippen LogP contribution in [0.5, 0.6) is 0 Å². The summed E-state index contributed by atoms with van der Waals surface area (Å²) < 4.78 is 10.1. The van der Waals surface area contributed by atoms with Crippen LogP contribution in [0.15, 0.2) is 0 Å². The third-order valence-corrected chi connectivity index (χ3v) is 3.73. The van der Waals surface area contributed by atoms with E-state index in [0.717, 1.165) is 19.3 Å². The Bertz CT molecular complexity index is 281. The van der Waals surface area contributed by atoms with Gasteiger partial charge in [0.1, 0.15) is 0 Å². The lowest BCUT2D eigenvalue weighted by atomic mass is 9.84. The van der Waals surface area contributed by atoms with Gasteiger partial charge in [-0.2, -0.15) is 0 Å². The zero-order valence-electron chi connectivity index (χ0n) is 14.2. The molecular formula is C17H32O4. The molecule has 0 heterocycles. The molecule has 0 atom stereocenters. The summed E-state index contributed by atoms with van der Waals surface area (Å²) in [4.78, 5) is 24.1. The van der Waals surface area contributed by atoms with E-state index in [-0.39, 0.29) is 13.2 Å². The van der Waals surface area contributed by atoms with E-state index in [1.165, 1.54) is 25.7 Å². The highest BCUT2D eigenvalue weighted by Gasteiger charge is 2.43. The fourth-order valence-corrected chi connectivity index (χ4v) is 2.30. The van der Waals surface area contributed by atoms with Crippen LogP contribution < -0.4 is 0 Å². The van der Waals surface area contributed by atoms with Gasteiger partial charge in [0.25, 0.3) is 0 Å². The van der Waals surface area contributed by atoms with Crippen LogP contribution >= 0.6 is 0 Å². The monoisotopic (exact) mass is 300 g/mol. The summed E-state index contributed by atoms with van der Waals surface area (Å²) in [5.74, 6) is -0.927. The Morgan fingerprint density at radius 3 is 1.62 bits per heavy atom. The van der Waals surface area contributed by atoms with Gasteiger partial charge in [-0.3, -0.25) is 9.59 Å². The van der Waals surface area contributed by atoms with Crippen molar-refractivity contribution in [2.45, 2.75) is 79.1 Å². The number of carbonyl (C=O) groups excluding carboxylic acids is 2. The average Bonchev–Trinajstić information content (AvgIpc) is 2.46. The summed E-state index contributed by atoms with van der Waals surface area (Å²) in [6.45, 7) is 7.90. The lowest BCUT2D eigenvalue weighted by Crippen LogP contribution is -2.39. The predicted octanol–water partition coefficient (Wildman–Crippen LogP) is 4.26. The fourth-order valence-electron chi connectivity index (χ4n) is 2.30. The maximum atomic E-state index is 12.1. The van der Waals surface area contributed by atoms with E-state index in [9.17, 15) is 9.59 Å². The minimum Gasteiger partial charge on any atom is -0.465 e. The number of hydrogen-bond acceptors (Lipinski definition) is 4. The van der Waals surface area contributed by atoms with Crippen molar-refractivity contribution in [2.24, 2.45) is 5.41 Å². The predicted molar refractivity (Wildman–Crippen MR) is 84.0 cm³/mol. The van der Waals surface area contributed by atoms with Gasteiger partial charge in [0.2, 0.25) is 0 Å². The van der Waals surface area contributed by atoms with Crippen molar-refractivity contribution in [3.63, 3.8) is 0 Å². The summed E-state index contributed by atoms with van der Waals surface area (Å²) in [5, 5.41) is 0. The van der Waals surface area contributed by atoms with E-state index in [2.05, 4.69) is 6.92 Å². The van der Waals surface area contributed by atoms with Crippen molar-refractivity contribution < 1.29 is 19.1 Å². The van der Waals surface area contributed by atoms with E-state index in [1.807, 2.05) is 0 Å². The Hall–Kier alpha value is -1.06.